The van der Waals surface area contributed by atoms with Crippen LogP contribution in [-0.2, 0) is 11.2 Å². The molecule has 0 aliphatic carbocycles. The summed E-state index contributed by atoms with van der Waals surface area (Å²) in [5.74, 6) is -0.000468. The maximum absolute atomic E-state index is 12.6. The fourth-order valence-corrected chi connectivity index (χ4v) is 4.31. The molecule has 1 heterocycles. The SMILES string of the molecule is COc1ccc(NC(=O)C(O)C(O)c2nc3ccccc3s2)cc1Cc1ccccc1. The van der Waals surface area contributed by atoms with Crippen molar-refractivity contribution in [3.05, 3.63) is 88.9 Å². The number of ether oxygens (including phenoxy) is 1. The van der Waals surface area contributed by atoms with Crippen molar-refractivity contribution >= 4 is 33.1 Å². The van der Waals surface area contributed by atoms with Gasteiger partial charge in [-0.2, -0.15) is 0 Å². The minimum Gasteiger partial charge on any atom is -0.496 e. The second kappa shape index (κ2) is 9.26. The summed E-state index contributed by atoms with van der Waals surface area (Å²) >= 11 is 1.25. The van der Waals surface area contributed by atoms with Gasteiger partial charge in [0.1, 0.15) is 16.9 Å². The highest BCUT2D eigenvalue weighted by Gasteiger charge is 2.28. The van der Waals surface area contributed by atoms with Gasteiger partial charge in [0.05, 0.1) is 17.3 Å². The topological polar surface area (TPSA) is 91.7 Å². The number of para-hydroxylation sites is 1. The smallest absolute Gasteiger partial charge is 0.256 e. The van der Waals surface area contributed by atoms with Crippen molar-refractivity contribution in [1.82, 2.24) is 4.98 Å². The number of fused-ring (bicyclic) bond motifs is 1. The second-order valence-corrected chi connectivity index (χ2v) is 8.15. The number of carbonyl (C=O) groups excluding carboxylic acids is 1. The van der Waals surface area contributed by atoms with Gasteiger partial charge in [-0.15, -0.1) is 11.3 Å². The molecule has 7 heteroatoms. The Labute approximate surface area is 183 Å². The number of amides is 1. The number of hydrogen-bond donors (Lipinski definition) is 3. The average Bonchev–Trinajstić information content (AvgIpc) is 3.23. The van der Waals surface area contributed by atoms with Crippen molar-refractivity contribution in [3.8, 4) is 5.75 Å². The van der Waals surface area contributed by atoms with Crippen LogP contribution in [0.5, 0.6) is 5.75 Å². The number of aromatic nitrogens is 1. The molecule has 3 aromatic carbocycles. The van der Waals surface area contributed by atoms with E-state index in [4.69, 9.17) is 4.74 Å². The van der Waals surface area contributed by atoms with Crippen molar-refractivity contribution in [2.24, 2.45) is 0 Å². The lowest BCUT2D eigenvalue weighted by atomic mass is 10.0. The number of hydrogen-bond acceptors (Lipinski definition) is 6. The van der Waals surface area contributed by atoms with Gasteiger partial charge in [-0.1, -0.05) is 42.5 Å². The second-order valence-electron chi connectivity index (χ2n) is 7.09. The Morgan fingerprint density at radius 1 is 1.06 bits per heavy atom. The summed E-state index contributed by atoms with van der Waals surface area (Å²) < 4.78 is 6.32. The summed E-state index contributed by atoms with van der Waals surface area (Å²) in [6, 6.07) is 22.6. The molecule has 4 aromatic rings. The largest absolute Gasteiger partial charge is 0.496 e. The third-order valence-corrected chi connectivity index (χ3v) is 6.02. The van der Waals surface area contributed by atoms with E-state index in [2.05, 4.69) is 10.3 Å². The van der Waals surface area contributed by atoms with E-state index in [1.54, 1.807) is 25.3 Å². The van der Waals surface area contributed by atoms with Gasteiger partial charge in [-0.05, 0) is 35.9 Å². The van der Waals surface area contributed by atoms with Crippen molar-refractivity contribution in [2.45, 2.75) is 18.6 Å². The van der Waals surface area contributed by atoms with Crippen LogP contribution in [0.4, 0.5) is 5.69 Å². The number of nitrogens with one attached hydrogen (secondary N) is 1. The van der Waals surface area contributed by atoms with Gasteiger partial charge < -0.3 is 20.3 Å². The maximum atomic E-state index is 12.6. The fraction of sp³-hybridized carbons (Fsp3) is 0.167. The Bertz CT molecular complexity index is 1160. The molecule has 2 unspecified atom stereocenters. The average molecular weight is 435 g/mol. The van der Waals surface area contributed by atoms with Gasteiger partial charge in [0.15, 0.2) is 6.10 Å². The van der Waals surface area contributed by atoms with Gasteiger partial charge in [-0.3, -0.25) is 4.79 Å². The number of anilines is 1. The van der Waals surface area contributed by atoms with Crippen LogP contribution in [0.25, 0.3) is 10.2 Å². The zero-order valence-electron chi connectivity index (χ0n) is 16.9. The maximum Gasteiger partial charge on any atom is 0.256 e. The van der Waals surface area contributed by atoms with Crippen molar-refractivity contribution in [1.29, 1.82) is 0 Å². The Morgan fingerprint density at radius 3 is 2.55 bits per heavy atom. The highest BCUT2D eigenvalue weighted by atomic mass is 32.1. The van der Waals surface area contributed by atoms with Crippen LogP contribution in [0.3, 0.4) is 0 Å². The molecule has 0 aliphatic heterocycles. The molecular formula is C24H22N2O4S. The number of thiazole rings is 1. The van der Waals surface area contributed by atoms with Gasteiger partial charge in [0.2, 0.25) is 0 Å². The number of carbonyl (C=O) groups is 1. The lowest BCUT2D eigenvalue weighted by Gasteiger charge is -2.17. The molecule has 0 aliphatic rings. The Kier molecular flexibility index (Phi) is 6.27. The molecule has 0 saturated carbocycles. The van der Waals surface area contributed by atoms with Gasteiger partial charge >= 0.3 is 0 Å². The molecule has 0 radical (unpaired) electrons. The first-order chi connectivity index (χ1) is 15.0. The number of aliphatic hydroxyl groups excluding tert-OH is 2. The number of nitrogens with zero attached hydrogens (tertiary/aromatic N) is 1. The monoisotopic (exact) mass is 434 g/mol. The molecule has 0 bridgehead atoms. The Hall–Kier alpha value is -3.26. The highest BCUT2D eigenvalue weighted by Crippen LogP contribution is 2.29. The van der Waals surface area contributed by atoms with E-state index < -0.39 is 18.1 Å². The standard InChI is InChI=1S/C24H22N2O4S/c1-30-19-12-11-17(14-16(19)13-15-7-3-2-4-8-15)25-23(29)21(27)22(28)24-26-18-9-5-6-10-20(18)31-24/h2-12,14,21-22,27-28H,13H2,1H3,(H,25,29). The van der Waals surface area contributed by atoms with E-state index in [0.29, 0.717) is 22.9 Å². The Balaban J connectivity index is 1.49. The van der Waals surface area contributed by atoms with Crippen molar-refractivity contribution in [3.63, 3.8) is 0 Å². The predicted molar refractivity (Wildman–Crippen MR) is 121 cm³/mol. The van der Waals surface area contributed by atoms with Crippen LogP contribution < -0.4 is 10.1 Å². The molecule has 1 aromatic heterocycles. The molecule has 6 nitrogen and oxygen atoms in total. The Morgan fingerprint density at radius 2 is 1.81 bits per heavy atom. The molecule has 0 fully saturated rings. The molecule has 2 atom stereocenters. The quantitative estimate of drug-likeness (QED) is 0.410. The predicted octanol–water partition coefficient (Wildman–Crippen LogP) is 3.93. The van der Waals surface area contributed by atoms with Crippen LogP contribution >= 0.6 is 11.3 Å². The summed E-state index contributed by atoms with van der Waals surface area (Å²) in [6.45, 7) is 0. The molecule has 4 rings (SSSR count). The van der Waals surface area contributed by atoms with Gasteiger partial charge in [0, 0.05) is 17.7 Å². The van der Waals surface area contributed by atoms with Gasteiger partial charge in [-0.25, -0.2) is 4.98 Å². The summed E-state index contributed by atoms with van der Waals surface area (Å²) in [4.78, 5) is 16.9. The van der Waals surface area contributed by atoms with E-state index in [0.717, 1.165) is 21.3 Å². The van der Waals surface area contributed by atoms with Crippen LogP contribution in [0.1, 0.15) is 22.2 Å². The van der Waals surface area contributed by atoms with Crippen LogP contribution in [0.15, 0.2) is 72.8 Å². The van der Waals surface area contributed by atoms with E-state index in [-0.39, 0.29) is 0 Å². The molecule has 0 saturated heterocycles. The zero-order chi connectivity index (χ0) is 21.8. The van der Waals surface area contributed by atoms with Gasteiger partial charge in [0.25, 0.3) is 5.91 Å². The number of rotatable bonds is 7. The van der Waals surface area contributed by atoms with E-state index in [1.165, 1.54) is 11.3 Å². The summed E-state index contributed by atoms with van der Waals surface area (Å²) in [7, 11) is 1.60. The normalized spacial score (nSPS) is 13.0. The van der Waals surface area contributed by atoms with Crippen LogP contribution in [0.2, 0.25) is 0 Å². The zero-order valence-corrected chi connectivity index (χ0v) is 17.7. The first-order valence-electron chi connectivity index (χ1n) is 9.78. The van der Waals surface area contributed by atoms with Crippen LogP contribution in [-0.4, -0.2) is 34.3 Å². The summed E-state index contributed by atoms with van der Waals surface area (Å²) in [5.41, 5.74) is 3.23. The van der Waals surface area contributed by atoms with E-state index >= 15 is 0 Å². The minimum absolute atomic E-state index is 0.295. The number of aliphatic hydroxyl groups is 2. The van der Waals surface area contributed by atoms with Crippen molar-refractivity contribution in [2.75, 3.05) is 12.4 Å². The molecule has 0 spiro atoms. The lowest BCUT2D eigenvalue weighted by Crippen LogP contribution is -2.33. The van der Waals surface area contributed by atoms with Crippen molar-refractivity contribution < 1.29 is 19.7 Å². The van der Waals surface area contributed by atoms with Crippen LogP contribution in [0, 0.1) is 0 Å². The van der Waals surface area contributed by atoms with E-state index in [1.807, 2.05) is 54.6 Å². The third kappa shape index (κ3) is 4.74. The molecule has 158 valence electrons. The molecular weight excluding hydrogens is 412 g/mol. The molecule has 3 N–H and O–H groups in total. The fourth-order valence-electron chi connectivity index (χ4n) is 3.32. The first kappa shape index (κ1) is 21.0. The lowest BCUT2D eigenvalue weighted by molar-refractivity contribution is -0.129. The summed E-state index contributed by atoms with van der Waals surface area (Å²) in [5, 5.41) is 23.9. The van der Waals surface area contributed by atoms with E-state index in [9.17, 15) is 15.0 Å². The molecule has 31 heavy (non-hydrogen) atoms. The third-order valence-electron chi connectivity index (χ3n) is 4.92. The summed E-state index contributed by atoms with van der Waals surface area (Å²) in [6.07, 6.45) is -2.44. The number of methoxy groups -OCH3 is 1. The minimum atomic E-state index is -1.65. The first-order valence-corrected chi connectivity index (χ1v) is 10.6. The highest BCUT2D eigenvalue weighted by molar-refractivity contribution is 7.18. The number of benzene rings is 3. The molecule has 1 amide bonds.